The molecular weight excluding hydrogens is 414 g/mol. The Balaban J connectivity index is 0.000000427. The fourth-order valence-corrected chi connectivity index (χ4v) is 5.58. The van der Waals surface area contributed by atoms with Crippen LogP contribution in [0.2, 0.25) is 0 Å². The van der Waals surface area contributed by atoms with Crippen molar-refractivity contribution < 1.29 is 34.4 Å². The van der Waals surface area contributed by atoms with E-state index in [1.807, 2.05) is 30.3 Å². The standard InChI is InChI=1S/C22H31NO3.C2H2O4/c1-23-14-16-8-7-9-17(15-23)20(16)26-21(24)22(25,19-12-5-6-13-19)18-10-3-2-4-11-18;3-1(4)2(5)6/h2-4,10-11,16-17,19-20,25H,5-9,12-15H2,1H3;(H,3,4)(H,5,6)/t16?,17?,20?,22-;/m0./s1. The molecule has 4 rings (SSSR count). The monoisotopic (exact) mass is 447 g/mol. The predicted molar refractivity (Wildman–Crippen MR) is 116 cm³/mol. The fourth-order valence-electron chi connectivity index (χ4n) is 5.58. The summed E-state index contributed by atoms with van der Waals surface area (Å²) in [5.41, 5.74) is -0.815. The number of benzene rings is 1. The van der Waals surface area contributed by atoms with E-state index in [2.05, 4.69) is 11.9 Å². The molecule has 8 nitrogen and oxygen atoms in total. The third-order valence-corrected chi connectivity index (χ3v) is 7.07. The second-order valence-electron chi connectivity index (χ2n) is 9.27. The molecule has 3 N–H and O–H groups in total. The van der Waals surface area contributed by atoms with Crippen LogP contribution in [0.25, 0.3) is 0 Å². The van der Waals surface area contributed by atoms with Crippen LogP contribution < -0.4 is 0 Å². The molecule has 1 aromatic rings. The Bertz CT molecular complexity index is 782. The lowest BCUT2D eigenvalue weighted by molar-refractivity contribution is -0.191. The van der Waals surface area contributed by atoms with Gasteiger partial charge in [0.25, 0.3) is 0 Å². The third-order valence-electron chi connectivity index (χ3n) is 7.07. The van der Waals surface area contributed by atoms with E-state index in [4.69, 9.17) is 24.5 Å². The molecule has 2 bridgehead atoms. The molecular formula is C24H33NO7. The second kappa shape index (κ2) is 10.4. The quantitative estimate of drug-likeness (QED) is 0.475. The summed E-state index contributed by atoms with van der Waals surface area (Å²) in [6, 6.07) is 9.45. The van der Waals surface area contributed by atoms with E-state index in [0.717, 1.165) is 51.6 Å². The lowest BCUT2D eigenvalue weighted by Gasteiger charge is -2.46. The van der Waals surface area contributed by atoms with Gasteiger partial charge in [-0.05, 0) is 38.3 Å². The summed E-state index contributed by atoms with van der Waals surface area (Å²) in [6.07, 6.45) is 7.35. The molecule has 2 unspecified atom stereocenters. The van der Waals surface area contributed by atoms with Gasteiger partial charge in [-0.3, -0.25) is 0 Å². The van der Waals surface area contributed by atoms with Crippen LogP contribution in [0.3, 0.4) is 0 Å². The topological polar surface area (TPSA) is 124 Å². The molecule has 3 fully saturated rings. The number of carbonyl (C=O) groups excluding carboxylic acids is 1. The van der Waals surface area contributed by atoms with Gasteiger partial charge in [0.05, 0.1) is 0 Å². The zero-order chi connectivity index (χ0) is 23.3. The average molecular weight is 448 g/mol. The highest BCUT2D eigenvalue weighted by Crippen LogP contribution is 2.43. The minimum atomic E-state index is -1.82. The summed E-state index contributed by atoms with van der Waals surface area (Å²) in [6.45, 7) is 1.98. The van der Waals surface area contributed by atoms with Crippen LogP contribution in [0.1, 0.15) is 50.5 Å². The Morgan fingerprint density at radius 2 is 1.44 bits per heavy atom. The Hall–Kier alpha value is -2.45. The van der Waals surface area contributed by atoms with Gasteiger partial charge in [0.15, 0.2) is 5.60 Å². The minimum Gasteiger partial charge on any atom is -0.473 e. The van der Waals surface area contributed by atoms with Crippen LogP contribution in [-0.2, 0) is 24.7 Å². The zero-order valence-corrected chi connectivity index (χ0v) is 18.5. The van der Waals surface area contributed by atoms with E-state index in [-0.39, 0.29) is 12.0 Å². The number of rotatable bonds is 4. The van der Waals surface area contributed by atoms with Gasteiger partial charge in [-0.15, -0.1) is 0 Å². The van der Waals surface area contributed by atoms with E-state index in [0.29, 0.717) is 17.4 Å². The Kier molecular flexibility index (Phi) is 7.90. The van der Waals surface area contributed by atoms with Gasteiger partial charge in [0.2, 0.25) is 0 Å². The third kappa shape index (κ3) is 5.30. The second-order valence-corrected chi connectivity index (χ2v) is 9.27. The van der Waals surface area contributed by atoms with Crippen LogP contribution in [0.4, 0.5) is 0 Å². The fraction of sp³-hybridized carbons (Fsp3) is 0.625. The smallest absolute Gasteiger partial charge is 0.414 e. The molecule has 2 aliphatic carbocycles. The van der Waals surface area contributed by atoms with Crippen molar-refractivity contribution in [3.05, 3.63) is 35.9 Å². The number of hydrogen-bond acceptors (Lipinski definition) is 6. The van der Waals surface area contributed by atoms with Crippen molar-refractivity contribution in [2.45, 2.75) is 56.7 Å². The average Bonchev–Trinajstić information content (AvgIpc) is 3.30. The number of likely N-dealkylation sites (tertiary alicyclic amines) is 1. The van der Waals surface area contributed by atoms with Gasteiger partial charge < -0.3 is 25.0 Å². The number of carboxylic acids is 2. The Morgan fingerprint density at radius 1 is 0.906 bits per heavy atom. The van der Waals surface area contributed by atoms with Gasteiger partial charge in [0.1, 0.15) is 6.10 Å². The predicted octanol–water partition coefficient (Wildman–Crippen LogP) is 2.49. The number of aliphatic hydroxyl groups is 1. The van der Waals surface area contributed by atoms with E-state index in [9.17, 15) is 9.90 Å². The van der Waals surface area contributed by atoms with Crippen molar-refractivity contribution in [3.63, 3.8) is 0 Å². The lowest BCUT2D eigenvalue weighted by atomic mass is 9.75. The van der Waals surface area contributed by atoms with Crippen molar-refractivity contribution in [2.75, 3.05) is 20.1 Å². The number of carbonyl (C=O) groups is 3. The molecule has 176 valence electrons. The number of hydrogen-bond donors (Lipinski definition) is 3. The number of piperidine rings is 1. The molecule has 0 spiro atoms. The van der Waals surface area contributed by atoms with Crippen molar-refractivity contribution in [1.82, 2.24) is 4.90 Å². The largest absolute Gasteiger partial charge is 0.473 e. The Labute approximate surface area is 188 Å². The first-order chi connectivity index (χ1) is 15.2. The van der Waals surface area contributed by atoms with Gasteiger partial charge in [0, 0.05) is 30.8 Å². The van der Waals surface area contributed by atoms with Gasteiger partial charge in [-0.2, -0.15) is 0 Å². The van der Waals surface area contributed by atoms with E-state index in [1.165, 1.54) is 6.42 Å². The summed E-state index contributed by atoms with van der Waals surface area (Å²) in [5, 5.41) is 26.4. The molecule has 0 radical (unpaired) electrons. The number of carboxylic acid groups (broad SMARTS) is 2. The number of esters is 1. The minimum absolute atomic E-state index is 0.0379. The Morgan fingerprint density at radius 3 is 1.94 bits per heavy atom. The summed E-state index contributed by atoms with van der Waals surface area (Å²) in [7, 11) is 2.15. The van der Waals surface area contributed by atoms with Crippen molar-refractivity contribution >= 4 is 17.9 Å². The number of fused-ring (bicyclic) bond motifs is 2. The van der Waals surface area contributed by atoms with Crippen molar-refractivity contribution in [3.8, 4) is 0 Å². The SMILES string of the molecule is CN1CC2CCCC(C1)C2OC(=O)[C@](O)(c1ccccc1)C1CCCC1.O=C(O)C(=O)O. The van der Waals surface area contributed by atoms with Gasteiger partial charge >= 0.3 is 17.9 Å². The zero-order valence-electron chi connectivity index (χ0n) is 18.5. The first-order valence-corrected chi connectivity index (χ1v) is 11.4. The van der Waals surface area contributed by atoms with E-state index < -0.39 is 23.5 Å². The molecule has 0 aromatic heterocycles. The van der Waals surface area contributed by atoms with Crippen LogP contribution in [-0.4, -0.2) is 64.4 Å². The summed E-state index contributed by atoms with van der Waals surface area (Å²) < 4.78 is 6.12. The molecule has 8 heteroatoms. The van der Waals surface area contributed by atoms with Gasteiger partial charge in [-0.25, -0.2) is 14.4 Å². The maximum atomic E-state index is 13.3. The normalized spacial score (nSPS) is 27.5. The first kappa shape index (κ1) is 24.2. The number of ether oxygens (including phenoxy) is 1. The van der Waals surface area contributed by atoms with Crippen LogP contribution >= 0.6 is 0 Å². The molecule has 1 aromatic carbocycles. The number of aliphatic carboxylic acids is 2. The van der Waals surface area contributed by atoms with E-state index in [1.54, 1.807) is 0 Å². The van der Waals surface area contributed by atoms with Crippen LogP contribution in [0, 0.1) is 17.8 Å². The highest BCUT2D eigenvalue weighted by molar-refractivity contribution is 6.27. The van der Waals surface area contributed by atoms with Crippen LogP contribution in [0.5, 0.6) is 0 Å². The molecule has 3 atom stereocenters. The summed E-state index contributed by atoms with van der Waals surface area (Å²) in [4.78, 5) is 33.9. The van der Waals surface area contributed by atoms with Crippen LogP contribution in [0.15, 0.2) is 30.3 Å². The highest BCUT2D eigenvalue weighted by atomic mass is 16.6. The maximum Gasteiger partial charge on any atom is 0.414 e. The van der Waals surface area contributed by atoms with Crippen molar-refractivity contribution in [1.29, 1.82) is 0 Å². The number of nitrogens with zero attached hydrogens (tertiary/aromatic N) is 1. The molecule has 2 saturated carbocycles. The molecule has 1 aliphatic heterocycles. The summed E-state index contributed by atoms with van der Waals surface area (Å²) in [5.74, 6) is -3.30. The summed E-state index contributed by atoms with van der Waals surface area (Å²) >= 11 is 0. The molecule has 0 amide bonds. The first-order valence-electron chi connectivity index (χ1n) is 11.4. The molecule has 32 heavy (non-hydrogen) atoms. The molecule has 3 aliphatic rings. The highest BCUT2D eigenvalue weighted by Gasteiger charge is 2.50. The lowest BCUT2D eigenvalue weighted by Crippen LogP contribution is -2.54. The molecule has 1 heterocycles. The van der Waals surface area contributed by atoms with E-state index >= 15 is 0 Å². The van der Waals surface area contributed by atoms with Gasteiger partial charge in [-0.1, -0.05) is 49.6 Å². The van der Waals surface area contributed by atoms with Crippen molar-refractivity contribution in [2.24, 2.45) is 17.8 Å². The maximum absolute atomic E-state index is 13.3. The molecule has 1 saturated heterocycles.